The van der Waals surface area contributed by atoms with Crippen molar-refractivity contribution in [3.05, 3.63) is 11.8 Å². The molecule has 0 atom stereocenters. The van der Waals surface area contributed by atoms with E-state index in [2.05, 4.69) is 33.9 Å². The van der Waals surface area contributed by atoms with Gasteiger partial charge in [-0.05, 0) is 18.9 Å². The lowest BCUT2D eigenvalue weighted by atomic mass is 10.2. The predicted octanol–water partition coefficient (Wildman–Crippen LogP) is 2.63. The summed E-state index contributed by atoms with van der Waals surface area (Å²) in [5.74, 6) is 0.483. The summed E-state index contributed by atoms with van der Waals surface area (Å²) in [5.41, 5.74) is 1.94. The number of hydrogen-bond donors (Lipinski definition) is 0. The van der Waals surface area contributed by atoms with Gasteiger partial charge >= 0.3 is 5.97 Å². The topological polar surface area (TPSA) is 69.9 Å². The molecule has 0 bridgehead atoms. The molecule has 0 aliphatic rings. The second-order valence-corrected chi connectivity index (χ2v) is 7.18. The molecule has 0 amide bonds. The first-order chi connectivity index (χ1) is 9.99. The van der Waals surface area contributed by atoms with Crippen LogP contribution in [-0.4, -0.2) is 38.8 Å². The summed E-state index contributed by atoms with van der Waals surface area (Å²) in [5, 5.41) is 13.6. The van der Waals surface area contributed by atoms with Crippen molar-refractivity contribution >= 4 is 29.1 Å². The van der Waals surface area contributed by atoms with Gasteiger partial charge in [0, 0.05) is 6.54 Å². The number of aryl methyl sites for hydroxylation is 1. The average Bonchev–Trinajstić information content (AvgIpc) is 3.02. The van der Waals surface area contributed by atoms with Crippen molar-refractivity contribution in [3.8, 4) is 10.7 Å². The average molecular weight is 326 g/mol. The summed E-state index contributed by atoms with van der Waals surface area (Å²) in [4.78, 5) is 11.1. The van der Waals surface area contributed by atoms with Crippen molar-refractivity contribution in [2.75, 3.05) is 12.9 Å². The van der Waals surface area contributed by atoms with Crippen LogP contribution in [0.5, 0.6) is 0 Å². The van der Waals surface area contributed by atoms with Crippen LogP contribution in [0.3, 0.4) is 0 Å². The van der Waals surface area contributed by atoms with Crippen molar-refractivity contribution in [3.63, 3.8) is 0 Å². The lowest BCUT2D eigenvalue weighted by Crippen LogP contribution is -2.07. The number of methoxy groups -OCH3 is 1. The molecule has 0 radical (unpaired) electrons. The Morgan fingerprint density at radius 1 is 1.48 bits per heavy atom. The highest BCUT2D eigenvalue weighted by Gasteiger charge is 2.15. The molecular weight excluding hydrogens is 308 g/mol. The minimum atomic E-state index is -0.266. The highest BCUT2D eigenvalue weighted by atomic mass is 32.2. The van der Waals surface area contributed by atoms with Gasteiger partial charge in [-0.15, -0.1) is 10.2 Å². The van der Waals surface area contributed by atoms with Crippen LogP contribution in [0.4, 0.5) is 0 Å². The van der Waals surface area contributed by atoms with Crippen LogP contribution in [0.15, 0.2) is 10.4 Å². The van der Waals surface area contributed by atoms with Crippen LogP contribution in [-0.2, 0) is 16.1 Å². The first-order valence-corrected chi connectivity index (χ1v) is 8.37. The number of thioether (sulfide) groups is 1. The Morgan fingerprint density at radius 2 is 2.24 bits per heavy atom. The normalized spacial score (nSPS) is 11.1. The Morgan fingerprint density at radius 3 is 2.90 bits per heavy atom. The second-order valence-electron chi connectivity index (χ2n) is 4.98. The van der Waals surface area contributed by atoms with Crippen molar-refractivity contribution < 1.29 is 9.53 Å². The van der Waals surface area contributed by atoms with E-state index >= 15 is 0 Å². The van der Waals surface area contributed by atoms with E-state index in [0.717, 1.165) is 27.3 Å². The molecule has 0 spiro atoms. The number of carbonyl (C=O) groups excluding carboxylic acids is 1. The molecule has 0 saturated carbocycles. The number of nitrogens with zero attached hydrogens (tertiary/aromatic N) is 4. The molecule has 0 saturated heterocycles. The fourth-order valence-corrected chi connectivity index (χ4v) is 3.46. The summed E-state index contributed by atoms with van der Waals surface area (Å²) in [6, 6.07) is 2.01. The minimum Gasteiger partial charge on any atom is -0.468 e. The molecule has 0 aromatic carbocycles. The van der Waals surface area contributed by atoms with E-state index in [9.17, 15) is 4.79 Å². The third kappa shape index (κ3) is 4.28. The third-order valence-electron chi connectivity index (χ3n) is 2.61. The van der Waals surface area contributed by atoms with Gasteiger partial charge in [0.1, 0.15) is 0 Å². The molecule has 2 aromatic heterocycles. The first kappa shape index (κ1) is 16.0. The molecule has 0 aliphatic carbocycles. The van der Waals surface area contributed by atoms with Gasteiger partial charge in [0.2, 0.25) is 0 Å². The number of esters is 1. The standard InChI is InChI=1S/C13H18N4O2S2/c1-8(2)6-17-10(5-9(3)16-17)12-14-15-13(21-12)20-7-11(18)19-4/h5,8H,6-7H2,1-4H3. The molecule has 2 aromatic rings. The van der Waals surface area contributed by atoms with E-state index in [1.807, 2.05) is 17.7 Å². The first-order valence-electron chi connectivity index (χ1n) is 6.57. The SMILES string of the molecule is COC(=O)CSc1nnc(-c2cc(C)nn2CC(C)C)s1. The molecule has 6 nitrogen and oxygen atoms in total. The van der Waals surface area contributed by atoms with Gasteiger partial charge in [0.05, 0.1) is 24.3 Å². The fraction of sp³-hybridized carbons (Fsp3) is 0.538. The van der Waals surface area contributed by atoms with Crippen LogP contribution in [0, 0.1) is 12.8 Å². The number of hydrogen-bond acceptors (Lipinski definition) is 7. The molecule has 2 heterocycles. The third-order valence-corrected chi connectivity index (χ3v) is 4.66. The highest BCUT2D eigenvalue weighted by molar-refractivity contribution is 8.01. The molecule has 2 rings (SSSR count). The Hall–Kier alpha value is -1.41. The zero-order valence-electron chi connectivity index (χ0n) is 12.5. The van der Waals surface area contributed by atoms with E-state index in [1.54, 1.807) is 0 Å². The van der Waals surface area contributed by atoms with Crippen molar-refractivity contribution in [1.29, 1.82) is 0 Å². The maximum atomic E-state index is 11.1. The quantitative estimate of drug-likeness (QED) is 0.600. The Balaban J connectivity index is 2.15. The molecule has 0 fully saturated rings. The van der Waals surface area contributed by atoms with Crippen LogP contribution in [0.2, 0.25) is 0 Å². The minimum absolute atomic E-state index is 0.245. The monoisotopic (exact) mass is 326 g/mol. The molecule has 8 heteroatoms. The largest absolute Gasteiger partial charge is 0.468 e. The van der Waals surface area contributed by atoms with E-state index < -0.39 is 0 Å². The number of carbonyl (C=O) groups is 1. The molecule has 114 valence electrons. The molecule has 0 unspecified atom stereocenters. The Kier molecular flexibility index (Phi) is 5.35. The predicted molar refractivity (Wildman–Crippen MR) is 83.4 cm³/mol. The zero-order chi connectivity index (χ0) is 15.4. The van der Waals surface area contributed by atoms with Gasteiger partial charge in [-0.3, -0.25) is 9.48 Å². The molecule has 0 aliphatic heterocycles. The lowest BCUT2D eigenvalue weighted by molar-refractivity contribution is -0.137. The second kappa shape index (κ2) is 7.04. The van der Waals surface area contributed by atoms with Crippen molar-refractivity contribution in [1.82, 2.24) is 20.0 Å². The van der Waals surface area contributed by atoms with E-state index in [1.165, 1.54) is 30.2 Å². The zero-order valence-corrected chi connectivity index (χ0v) is 14.1. The van der Waals surface area contributed by atoms with Crippen LogP contribution in [0.1, 0.15) is 19.5 Å². The highest BCUT2D eigenvalue weighted by Crippen LogP contribution is 2.30. The van der Waals surface area contributed by atoms with Crippen LogP contribution < -0.4 is 0 Å². The smallest absolute Gasteiger partial charge is 0.316 e. The summed E-state index contributed by atoms with van der Waals surface area (Å²) in [6.45, 7) is 7.11. The van der Waals surface area contributed by atoms with Crippen molar-refractivity contribution in [2.45, 2.75) is 31.7 Å². The summed E-state index contributed by atoms with van der Waals surface area (Å²) in [6.07, 6.45) is 0. The van der Waals surface area contributed by atoms with Gasteiger partial charge in [-0.25, -0.2) is 0 Å². The van der Waals surface area contributed by atoms with E-state index in [0.29, 0.717) is 5.92 Å². The van der Waals surface area contributed by atoms with Gasteiger partial charge in [0.15, 0.2) is 9.35 Å². The lowest BCUT2D eigenvalue weighted by Gasteiger charge is -2.07. The van der Waals surface area contributed by atoms with Crippen LogP contribution >= 0.6 is 23.1 Å². The molecular formula is C13H18N4O2S2. The molecule has 0 N–H and O–H groups in total. The summed E-state index contributed by atoms with van der Waals surface area (Å²) < 4.78 is 7.33. The van der Waals surface area contributed by atoms with E-state index in [-0.39, 0.29) is 11.7 Å². The molecule has 21 heavy (non-hydrogen) atoms. The van der Waals surface area contributed by atoms with Crippen LogP contribution in [0.25, 0.3) is 10.7 Å². The van der Waals surface area contributed by atoms with Gasteiger partial charge in [-0.2, -0.15) is 5.10 Å². The summed E-state index contributed by atoms with van der Waals surface area (Å²) in [7, 11) is 1.38. The van der Waals surface area contributed by atoms with Gasteiger partial charge < -0.3 is 4.74 Å². The Labute approximate surface area is 131 Å². The number of rotatable bonds is 6. The summed E-state index contributed by atoms with van der Waals surface area (Å²) >= 11 is 2.80. The number of ether oxygens (including phenoxy) is 1. The fourth-order valence-electron chi connectivity index (χ4n) is 1.75. The number of aromatic nitrogens is 4. The Bertz CT molecular complexity index is 621. The van der Waals surface area contributed by atoms with Gasteiger partial charge in [0.25, 0.3) is 0 Å². The van der Waals surface area contributed by atoms with Crippen molar-refractivity contribution in [2.24, 2.45) is 5.92 Å². The van der Waals surface area contributed by atoms with E-state index in [4.69, 9.17) is 0 Å². The van der Waals surface area contributed by atoms with Gasteiger partial charge in [-0.1, -0.05) is 36.9 Å². The maximum absolute atomic E-state index is 11.1. The maximum Gasteiger partial charge on any atom is 0.316 e.